The van der Waals surface area contributed by atoms with E-state index in [0.29, 0.717) is 5.82 Å². The number of H-pyrrole nitrogens is 1. The van der Waals surface area contributed by atoms with Crippen molar-refractivity contribution in [3.8, 4) is 22.5 Å². The predicted octanol–water partition coefficient (Wildman–Crippen LogP) is 4.52. The van der Waals surface area contributed by atoms with Crippen LogP contribution < -0.4 is 5.32 Å². The number of carbonyl (C=O) groups is 1. The molecule has 2 aliphatic rings. The number of hydrogen-bond acceptors (Lipinski definition) is 3. The van der Waals surface area contributed by atoms with Crippen molar-refractivity contribution >= 4 is 11.6 Å². The van der Waals surface area contributed by atoms with Crippen molar-refractivity contribution in [3.63, 3.8) is 0 Å². The second-order valence-electron chi connectivity index (χ2n) is 7.78. The van der Waals surface area contributed by atoms with Crippen LogP contribution in [0.3, 0.4) is 0 Å². The van der Waals surface area contributed by atoms with Gasteiger partial charge in [-0.05, 0) is 61.1 Å². The highest BCUT2D eigenvalue weighted by Crippen LogP contribution is 2.49. The van der Waals surface area contributed by atoms with Crippen LogP contribution in [0.1, 0.15) is 42.6 Å². The number of aromatic nitrogens is 3. The summed E-state index contributed by atoms with van der Waals surface area (Å²) in [5, 5.41) is 10.3. The van der Waals surface area contributed by atoms with Crippen molar-refractivity contribution in [2.45, 2.75) is 44.9 Å². The van der Waals surface area contributed by atoms with Gasteiger partial charge in [-0.15, -0.1) is 0 Å². The first kappa shape index (κ1) is 16.2. The molecule has 5 rings (SSSR count). The maximum atomic E-state index is 12.7. The molecular formula is C22H22N4O. The molecule has 2 aromatic carbocycles. The number of benzene rings is 2. The number of hydrogen-bond donors (Lipinski definition) is 2. The van der Waals surface area contributed by atoms with Gasteiger partial charge in [-0.25, -0.2) is 4.98 Å². The lowest BCUT2D eigenvalue weighted by Gasteiger charge is -2.20. The molecule has 0 unspecified atom stereocenters. The second kappa shape index (κ2) is 5.78. The smallest absolute Gasteiger partial charge is 0.235 e. The van der Waals surface area contributed by atoms with Crippen molar-refractivity contribution in [2.75, 3.05) is 5.32 Å². The first-order valence-electron chi connectivity index (χ1n) is 9.53. The van der Waals surface area contributed by atoms with E-state index in [2.05, 4.69) is 57.8 Å². The Balaban J connectivity index is 1.59. The maximum Gasteiger partial charge on any atom is 0.235 e. The minimum Gasteiger partial charge on any atom is -0.325 e. The molecule has 0 saturated heterocycles. The van der Waals surface area contributed by atoms with Crippen LogP contribution in [0.4, 0.5) is 5.69 Å². The van der Waals surface area contributed by atoms with Gasteiger partial charge in [0.2, 0.25) is 5.91 Å². The first-order chi connectivity index (χ1) is 13.1. The standard InChI is InChI=1S/C22H22N4O/c1-13-5-6-16(20-23-14(2)25-26-20)11-17(13)15-7-8-18-19(12-15)24-21(27)22(18)9-3-4-10-22/h5-8,11-12H,3-4,9-10H2,1-2H3,(H,24,27)(H,23,25,26). The lowest BCUT2D eigenvalue weighted by molar-refractivity contribution is -0.120. The summed E-state index contributed by atoms with van der Waals surface area (Å²) in [5.41, 5.74) is 6.27. The molecule has 136 valence electrons. The van der Waals surface area contributed by atoms with Crippen LogP contribution in [0.2, 0.25) is 0 Å². The Kier molecular flexibility index (Phi) is 3.47. The van der Waals surface area contributed by atoms with E-state index >= 15 is 0 Å². The number of nitrogens with zero attached hydrogens (tertiary/aromatic N) is 2. The molecule has 1 spiro atoms. The largest absolute Gasteiger partial charge is 0.325 e. The summed E-state index contributed by atoms with van der Waals surface area (Å²) in [6.45, 7) is 4.00. The van der Waals surface area contributed by atoms with Crippen LogP contribution in [0.15, 0.2) is 36.4 Å². The SMILES string of the molecule is Cc1nc(-c2ccc(C)c(-c3ccc4c(c3)NC(=O)C43CCCC3)c2)n[nH]1. The Morgan fingerprint density at radius 1 is 1.00 bits per heavy atom. The van der Waals surface area contributed by atoms with Crippen LogP contribution in [-0.4, -0.2) is 21.1 Å². The summed E-state index contributed by atoms with van der Waals surface area (Å²) in [6.07, 6.45) is 4.19. The molecule has 1 aliphatic heterocycles. The quantitative estimate of drug-likeness (QED) is 0.707. The molecule has 0 radical (unpaired) electrons. The van der Waals surface area contributed by atoms with Crippen LogP contribution in [0.25, 0.3) is 22.5 Å². The van der Waals surface area contributed by atoms with Crippen molar-refractivity contribution in [1.29, 1.82) is 0 Å². The Morgan fingerprint density at radius 2 is 1.78 bits per heavy atom. The maximum absolute atomic E-state index is 12.7. The highest BCUT2D eigenvalue weighted by Gasteiger charge is 2.48. The van der Waals surface area contributed by atoms with Crippen LogP contribution in [0.5, 0.6) is 0 Å². The zero-order valence-electron chi connectivity index (χ0n) is 15.6. The Bertz CT molecular complexity index is 1060. The molecule has 1 aliphatic carbocycles. The van der Waals surface area contributed by atoms with E-state index in [4.69, 9.17) is 0 Å². The van der Waals surface area contributed by atoms with Crippen molar-refractivity contribution < 1.29 is 4.79 Å². The van der Waals surface area contributed by atoms with Gasteiger partial charge in [0.15, 0.2) is 5.82 Å². The number of amides is 1. The highest BCUT2D eigenvalue weighted by molar-refractivity contribution is 6.07. The number of nitrogens with one attached hydrogen (secondary N) is 2. The normalized spacial score (nSPS) is 17.3. The summed E-state index contributed by atoms with van der Waals surface area (Å²) < 4.78 is 0. The fraction of sp³-hybridized carbons (Fsp3) is 0.318. The van der Waals surface area contributed by atoms with Gasteiger partial charge in [-0.3, -0.25) is 9.89 Å². The number of aryl methyl sites for hydroxylation is 2. The molecule has 1 aromatic heterocycles. The van der Waals surface area contributed by atoms with E-state index in [1.807, 2.05) is 13.0 Å². The predicted molar refractivity (Wildman–Crippen MR) is 106 cm³/mol. The third-order valence-electron chi connectivity index (χ3n) is 6.08. The molecule has 5 nitrogen and oxygen atoms in total. The van der Waals surface area contributed by atoms with Gasteiger partial charge in [-0.1, -0.05) is 37.1 Å². The van der Waals surface area contributed by atoms with Crippen molar-refractivity contribution in [2.24, 2.45) is 0 Å². The Morgan fingerprint density at radius 3 is 2.52 bits per heavy atom. The number of carbonyl (C=O) groups excluding carboxylic acids is 1. The average molecular weight is 358 g/mol. The zero-order chi connectivity index (χ0) is 18.6. The van der Waals surface area contributed by atoms with Gasteiger partial charge in [0, 0.05) is 11.3 Å². The molecule has 1 fully saturated rings. The summed E-state index contributed by atoms with van der Waals surface area (Å²) >= 11 is 0. The molecule has 3 aromatic rings. The van der Waals surface area contributed by atoms with Gasteiger partial charge in [0.05, 0.1) is 5.41 Å². The molecule has 1 saturated carbocycles. The molecule has 1 amide bonds. The zero-order valence-corrected chi connectivity index (χ0v) is 15.6. The van der Waals surface area contributed by atoms with Crippen LogP contribution in [0, 0.1) is 13.8 Å². The topological polar surface area (TPSA) is 70.7 Å². The van der Waals surface area contributed by atoms with E-state index in [1.54, 1.807) is 0 Å². The third kappa shape index (κ3) is 2.41. The van der Waals surface area contributed by atoms with E-state index in [1.165, 1.54) is 11.1 Å². The summed E-state index contributed by atoms with van der Waals surface area (Å²) in [5.74, 6) is 1.68. The van der Waals surface area contributed by atoms with Gasteiger partial charge in [-0.2, -0.15) is 5.10 Å². The van der Waals surface area contributed by atoms with E-state index in [-0.39, 0.29) is 11.3 Å². The summed E-state index contributed by atoms with van der Waals surface area (Å²) in [4.78, 5) is 17.1. The lowest BCUT2D eigenvalue weighted by Crippen LogP contribution is -2.30. The van der Waals surface area contributed by atoms with Gasteiger partial charge >= 0.3 is 0 Å². The van der Waals surface area contributed by atoms with E-state index in [0.717, 1.165) is 53.9 Å². The second-order valence-corrected chi connectivity index (χ2v) is 7.78. The average Bonchev–Trinajstić information content (AvgIpc) is 3.37. The Labute approximate surface area is 158 Å². The molecule has 27 heavy (non-hydrogen) atoms. The van der Waals surface area contributed by atoms with Crippen LogP contribution in [-0.2, 0) is 10.2 Å². The number of fused-ring (bicyclic) bond motifs is 2. The minimum atomic E-state index is -0.290. The molecule has 2 heterocycles. The number of rotatable bonds is 2. The van der Waals surface area contributed by atoms with E-state index in [9.17, 15) is 4.79 Å². The van der Waals surface area contributed by atoms with Gasteiger partial charge in [0.1, 0.15) is 5.82 Å². The molecule has 5 heteroatoms. The minimum absolute atomic E-state index is 0.175. The van der Waals surface area contributed by atoms with E-state index < -0.39 is 0 Å². The van der Waals surface area contributed by atoms with Crippen molar-refractivity contribution in [3.05, 3.63) is 53.3 Å². The number of aromatic amines is 1. The fourth-order valence-electron chi connectivity index (χ4n) is 4.62. The van der Waals surface area contributed by atoms with Gasteiger partial charge < -0.3 is 5.32 Å². The van der Waals surface area contributed by atoms with Crippen LogP contribution >= 0.6 is 0 Å². The molecule has 2 N–H and O–H groups in total. The molecule has 0 atom stereocenters. The fourth-order valence-corrected chi connectivity index (χ4v) is 4.62. The molecular weight excluding hydrogens is 336 g/mol. The van der Waals surface area contributed by atoms with Crippen molar-refractivity contribution in [1.82, 2.24) is 15.2 Å². The third-order valence-corrected chi connectivity index (χ3v) is 6.08. The summed E-state index contributed by atoms with van der Waals surface area (Å²) in [6, 6.07) is 12.7. The summed E-state index contributed by atoms with van der Waals surface area (Å²) in [7, 11) is 0. The first-order valence-corrected chi connectivity index (χ1v) is 9.53. The van der Waals surface area contributed by atoms with Gasteiger partial charge in [0.25, 0.3) is 0 Å². The Hall–Kier alpha value is -2.95. The molecule has 0 bridgehead atoms. The lowest BCUT2D eigenvalue weighted by atomic mass is 9.79. The highest BCUT2D eigenvalue weighted by atomic mass is 16.2. The monoisotopic (exact) mass is 358 g/mol. The number of anilines is 1.